The molecule has 0 saturated heterocycles. The van der Waals surface area contributed by atoms with E-state index in [1.165, 1.54) is 0 Å². The maximum absolute atomic E-state index is 10.5. The average Bonchev–Trinajstić information content (AvgIpc) is 1.88. The van der Waals surface area contributed by atoms with Gasteiger partial charge in [-0.25, -0.2) is 5.43 Å². The van der Waals surface area contributed by atoms with E-state index in [9.17, 15) is 9.59 Å². The van der Waals surface area contributed by atoms with Crippen LogP contribution in [0.2, 0.25) is 0 Å². The second-order valence-electron chi connectivity index (χ2n) is 1.96. The van der Waals surface area contributed by atoms with Gasteiger partial charge in [0.05, 0.1) is 0 Å². The molecule has 54 valence electrons. The topological polar surface area (TPSA) is 84.6 Å². The Morgan fingerprint density at radius 1 is 1.60 bits per heavy atom. The molecule has 0 radical (unpaired) electrons. The zero-order chi connectivity index (χ0) is 7.56. The molecular weight excluding hydrogens is 134 g/mol. The molecule has 10 heavy (non-hydrogen) atoms. The lowest BCUT2D eigenvalue weighted by Gasteiger charge is -2.07. The van der Waals surface area contributed by atoms with Gasteiger partial charge < -0.3 is 5.73 Å². The monoisotopic (exact) mass is 141 g/mol. The molecule has 3 N–H and O–H groups in total. The summed E-state index contributed by atoms with van der Waals surface area (Å²) in [6.07, 6.45) is 0.642. The van der Waals surface area contributed by atoms with Gasteiger partial charge in [-0.05, 0) is 0 Å². The van der Waals surface area contributed by atoms with Gasteiger partial charge in [-0.1, -0.05) is 0 Å². The van der Waals surface area contributed by atoms with Crippen molar-refractivity contribution < 1.29 is 9.59 Å². The first-order chi connectivity index (χ1) is 4.70. The highest BCUT2D eigenvalue weighted by atomic mass is 16.2. The fourth-order valence-corrected chi connectivity index (χ4v) is 0.652. The van der Waals surface area contributed by atoms with Crippen LogP contribution in [0.4, 0.5) is 0 Å². The molecule has 1 aliphatic rings. The van der Waals surface area contributed by atoms with E-state index in [-0.39, 0.29) is 11.6 Å². The number of nitrogens with one attached hydrogen (secondary N) is 1. The lowest BCUT2D eigenvalue weighted by molar-refractivity contribution is -0.121. The van der Waals surface area contributed by atoms with Gasteiger partial charge in [0.1, 0.15) is 5.71 Å². The highest BCUT2D eigenvalue weighted by molar-refractivity contribution is 6.38. The summed E-state index contributed by atoms with van der Waals surface area (Å²) in [5.74, 6) is -0.745. The molecule has 0 aromatic rings. The maximum Gasteiger partial charge on any atom is 0.264 e. The number of primary amides is 1. The van der Waals surface area contributed by atoms with Crippen LogP contribution in [0.5, 0.6) is 0 Å². The number of rotatable bonds is 1. The Bertz CT molecular complexity index is 209. The van der Waals surface area contributed by atoms with E-state index in [0.717, 1.165) is 0 Å². The second kappa shape index (κ2) is 2.47. The molecule has 1 aliphatic heterocycles. The minimum atomic E-state index is -0.569. The Kier molecular flexibility index (Phi) is 1.66. The number of hydrogen-bond acceptors (Lipinski definition) is 3. The van der Waals surface area contributed by atoms with Crippen molar-refractivity contribution in [3.63, 3.8) is 0 Å². The third kappa shape index (κ3) is 1.31. The largest absolute Gasteiger partial charge is 0.364 e. The fraction of sp³-hybridized carbons (Fsp3) is 0.400. The first kappa shape index (κ1) is 6.73. The molecule has 0 aromatic carbocycles. The summed E-state index contributed by atoms with van der Waals surface area (Å²) >= 11 is 0. The number of amides is 2. The van der Waals surface area contributed by atoms with E-state index >= 15 is 0 Å². The van der Waals surface area contributed by atoms with Crippen molar-refractivity contribution in [1.29, 1.82) is 0 Å². The number of nitrogens with two attached hydrogens (primary N) is 1. The highest BCUT2D eigenvalue weighted by Crippen LogP contribution is 1.97. The number of nitrogens with zero attached hydrogens (tertiary/aromatic N) is 1. The fourth-order valence-electron chi connectivity index (χ4n) is 0.652. The van der Waals surface area contributed by atoms with Crippen LogP contribution >= 0.6 is 0 Å². The minimum absolute atomic E-state index is 0.176. The van der Waals surface area contributed by atoms with Crippen LogP contribution in [0, 0.1) is 0 Å². The summed E-state index contributed by atoms with van der Waals surface area (Å²) < 4.78 is 0. The SMILES string of the molecule is NC(=O)C1=NNC(=O)CC1. The summed E-state index contributed by atoms with van der Waals surface area (Å²) in [5, 5.41) is 3.45. The molecule has 1 heterocycles. The van der Waals surface area contributed by atoms with Gasteiger partial charge in [-0.15, -0.1) is 0 Å². The van der Waals surface area contributed by atoms with Crippen molar-refractivity contribution in [1.82, 2.24) is 5.43 Å². The predicted molar refractivity (Wildman–Crippen MR) is 34.0 cm³/mol. The van der Waals surface area contributed by atoms with Gasteiger partial charge in [0.2, 0.25) is 5.91 Å². The van der Waals surface area contributed by atoms with Crippen molar-refractivity contribution in [3.05, 3.63) is 0 Å². The molecule has 5 nitrogen and oxygen atoms in total. The average molecular weight is 141 g/mol. The van der Waals surface area contributed by atoms with E-state index in [1.54, 1.807) is 0 Å². The van der Waals surface area contributed by atoms with Crippen LogP contribution < -0.4 is 11.2 Å². The Labute approximate surface area is 57.3 Å². The standard InChI is InChI=1S/C5H7N3O2/c6-5(10)3-1-2-4(9)8-7-3/h1-2H2,(H2,6,10)(H,8,9). The number of carbonyl (C=O) groups is 2. The molecule has 2 amide bonds. The van der Waals surface area contributed by atoms with E-state index in [2.05, 4.69) is 10.5 Å². The molecule has 0 spiro atoms. The van der Waals surface area contributed by atoms with Crippen molar-refractivity contribution in [2.45, 2.75) is 12.8 Å². The normalized spacial score (nSPS) is 17.6. The van der Waals surface area contributed by atoms with E-state index in [4.69, 9.17) is 5.73 Å². The lowest BCUT2D eigenvalue weighted by atomic mass is 10.2. The number of hydrazone groups is 1. The Balaban J connectivity index is 2.65. The van der Waals surface area contributed by atoms with Crippen molar-refractivity contribution in [3.8, 4) is 0 Å². The van der Waals surface area contributed by atoms with Gasteiger partial charge in [0.25, 0.3) is 5.91 Å². The molecule has 1 rings (SSSR count). The number of carbonyl (C=O) groups excluding carboxylic acids is 2. The zero-order valence-corrected chi connectivity index (χ0v) is 5.26. The smallest absolute Gasteiger partial charge is 0.264 e. The maximum atomic E-state index is 10.5. The van der Waals surface area contributed by atoms with Gasteiger partial charge in [0.15, 0.2) is 0 Å². The van der Waals surface area contributed by atoms with E-state index in [1.807, 2.05) is 0 Å². The molecule has 0 fully saturated rings. The Hall–Kier alpha value is -1.39. The third-order valence-electron chi connectivity index (χ3n) is 1.19. The van der Waals surface area contributed by atoms with Crippen LogP contribution in [0.1, 0.15) is 12.8 Å². The second-order valence-corrected chi connectivity index (χ2v) is 1.96. The Morgan fingerprint density at radius 3 is 2.70 bits per heavy atom. The summed E-state index contributed by atoms with van der Waals surface area (Å²) in [6.45, 7) is 0. The molecular formula is C5H7N3O2. The number of hydrogen-bond donors (Lipinski definition) is 2. The van der Waals surface area contributed by atoms with Crippen LogP contribution in [0.25, 0.3) is 0 Å². The first-order valence-electron chi connectivity index (χ1n) is 2.85. The molecule has 0 saturated carbocycles. The molecule has 0 atom stereocenters. The molecule has 5 heteroatoms. The molecule has 0 aromatic heterocycles. The van der Waals surface area contributed by atoms with E-state index < -0.39 is 5.91 Å². The predicted octanol–water partition coefficient (Wildman–Crippen LogP) is -1.26. The first-order valence-corrected chi connectivity index (χ1v) is 2.85. The van der Waals surface area contributed by atoms with Crippen LogP contribution in [0.15, 0.2) is 5.10 Å². The lowest BCUT2D eigenvalue weighted by Crippen LogP contribution is -2.33. The minimum Gasteiger partial charge on any atom is -0.364 e. The molecule has 0 aliphatic carbocycles. The van der Waals surface area contributed by atoms with Crippen LogP contribution in [-0.4, -0.2) is 17.5 Å². The molecule has 0 bridgehead atoms. The van der Waals surface area contributed by atoms with Crippen molar-refractivity contribution in [2.75, 3.05) is 0 Å². The van der Waals surface area contributed by atoms with Crippen LogP contribution in [-0.2, 0) is 9.59 Å². The van der Waals surface area contributed by atoms with Crippen molar-refractivity contribution >= 4 is 17.5 Å². The van der Waals surface area contributed by atoms with Gasteiger partial charge in [-0.3, -0.25) is 9.59 Å². The summed E-state index contributed by atoms with van der Waals surface area (Å²) in [6, 6.07) is 0. The van der Waals surface area contributed by atoms with Crippen LogP contribution in [0.3, 0.4) is 0 Å². The highest BCUT2D eigenvalue weighted by Gasteiger charge is 2.14. The third-order valence-corrected chi connectivity index (χ3v) is 1.19. The van der Waals surface area contributed by atoms with Gasteiger partial charge in [-0.2, -0.15) is 5.10 Å². The van der Waals surface area contributed by atoms with Gasteiger partial charge in [0, 0.05) is 12.8 Å². The summed E-state index contributed by atoms with van der Waals surface area (Å²) in [5.41, 5.74) is 7.29. The summed E-state index contributed by atoms with van der Waals surface area (Å²) in [7, 11) is 0. The van der Waals surface area contributed by atoms with Crippen molar-refractivity contribution in [2.24, 2.45) is 10.8 Å². The summed E-state index contributed by atoms with van der Waals surface area (Å²) in [4.78, 5) is 20.9. The van der Waals surface area contributed by atoms with Gasteiger partial charge >= 0.3 is 0 Å². The molecule has 0 unspecified atom stereocenters. The zero-order valence-electron chi connectivity index (χ0n) is 5.26. The quantitative estimate of drug-likeness (QED) is 0.477. The Morgan fingerprint density at radius 2 is 2.30 bits per heavy atom. The van der Waals surface area contributed by atoms with E-state index in [0.29, 0.717) is 12.8 Å².